The van der Waals surface area contributed by atoms with Crippen LogP contribution in [0.25, 0.3) is 0 Å². The van der Waals surface area contributed by atoms with Gasteiger partial charge in [0.15, 0.2) is 0 Å². The number of nitrogens with one attached hydrogen (secondary N) is 1. The third kappa shape index (κ3) is 3.50. The van der Waals surface area contributed by atoms with Gasteiger partial charge in [0.2, 0.25) is 0 Å². The highest BCUT2D eigenvalue weighted by atomic mass is 32.1. The van der Waals surface area contributed by atoms with Crippen LogP contribution in [0.3, 0.4) is 0 Å². The van der Waals surface area contributed by atoms with Crippen LogP contribution in [0.5, 0.6) is 0 Å². The molecule has 0 spiro atoms. The molecule has 1 aromatic heterocycles. The number of benzene rings is 1. The normalized spacial score (nSPS) is 12.6. The van der Waals surface area contributed by atoms with Gasteiger partial charge in [-0.2, -0.15) is 0 Å². The number of aryl methyl sites for hydroxylation is 2. The fourth-order valence-electron chi connectivity index (χ4n) is 2.68. The van der Waals surface area contributed by atoms with Gasteiger partial charge in [0.1, 0.15) is 0 Å². The van der Waals surface area contributed by atoms with Crippen molar-refractivity contribution in [3.8, 4) is 0 Å². The maximum atomic E-state index is 3.66. The van der Waals surface area contributed by atoms with E-state index < -0.39 is 0 Å². The minimum atomic E-state index is 0.340. The predicted molar refractivity (Wildman–Crippen MR) is 89.7 cm³/mol. The first-order chi connectivity index (χ1) is 9.80. The summed E-state index contributed by atoms with van der Waals surface area (Å²) in [7, 11) is 0. The molecule has 0 saturated heterocycles. The van der Waals surface area contributed by atoms with Gasteiger partial charge in [-0.1, -0.05) is 51.5 Å². The van der Waals surface area contributed by atoms with Gasteiger partial charge >= 0.3 is 0 Å². The van der Waals surface area contributed by atoms with Gasteiger partial charge in [-0.3, -0.25) is 0 Å². The molecule has 0 amide bonds. The van der Waals surface area contributed by atoms with Gasteiger partial charge in [0, 0.05) is 4.88 Å². The lowest BCUT2D eigenvalue weighted by molar-refractivity contribution is 0.634. The van der Waals surface area contributed by atoms with Gasteiger partial charge in [0.05, 0.1) is 6.04 Å². The Hall–Kier alpha value is -1.12. The fourth-order valence-corrected chi connectivity index (χ4v) is 3.77. The zero-order valence-corrected chi connectivity index (χ0v) is 13.6. The molecule has 1 N–H and O–H groups in total. The maximum absolute atomic E-state index is 3.66. The zero-order valence-electron chi connectivity index (χ0n) is 12.8. The molecule has 0 aliphatic heterocycles. The van der Waals surface area contributed by atoms with E-state index in [0.29, 0.717) is 6.04 Å². The van der Waals surface area contributed by atoms with Crippen LogP contribution < -0.4 is 5.32 Å². The summed E-state index contributed by atoms with van der Waals surface area (Å²) in [5.41, 5.74) is 4.32. The van der Waals surface area contributed by atoms with E-state index in [9.17, 15) is 0 Å². The Labute approximate surface area is 127 Å². The third-order valence-corrected chi connectivity index (χ3v) is 4.68. The Morgan fingerprint density at radius 1 is 1.15 bits per heavy atom. The standard InChI is InChI=1S/C18H25NS/c1-4-8-14-9-7-10-16(13-14)17(19-6-3)18-15(5-2)11-12-20-18/h7,9-13,17,19H,4-6,8H2,1-3H3. The molecule has 1 heterocycles. The number of rotatable bonds is 7. The molecule has 0 fully saturated rings. The lowest BCUT2D eigenvalue weighted by Gasteiger charge is -2.19. The molecular weight excluding hydrogens is 262 g/mol. The van der Waals surface area contributed by atoms with Crippen LogP contribution in [0, 0.1) is 0 Å². The molecule has 108 valence electrons. The molecule has 0 aliphatic carbocycles. The summed E-state index contributed by atoms with van der Waals surface area (Å²) in [5.74, 6) is 0. The molecule has 0 saturated carbocycles. The lowest BCUT2D eigenvalue weighted by Crippen LogP contribution is -2.22. The SMILES string of the molecule is CCCc1cccc(C(NCC)c2sccc2CC)c1. The molecule has 0 aliphatic rings. The van der Waals surface area contributed by atoms with E-state index in [-0.39, 0.29) is 0 Å². The van der Waals surface area contributed by atoms with E-state index in [2.05, 4.69) is 61.8 Å². The molecule has 2 aromatic rings. The first kappa shape index (κ1) is 15.3. The van der Waals surface area contributed by atoms with Crippen LogP contribution >= 0.6 is 11.3 Å². The van der Waals surface area contributed by atoms with E-state index in [4.69, 9.17) is 0 Å². The Kier molecular flexibility index (Phi) is 5.81. The summed E-state index contributed by atoms with van der Waals surface area (Å²) in [4.78, 5) is 1.47. The summed E-state index contributed by atoms with van der Waals surface area (Å²) in [5, 5.41) is 5.87. The maximum Gasteiger partial charge on any atom is 0.0673 e. The largest absolute Gasteiger partial charge is 0.306 e. The Balaban J connectivity index is 2.35. The molecule has 2 heteroatoms. The van der Waals surface area contributed by atoms with Crippen LogP contribution in [0.2, 0.25) is 0 Å². The summed E-state index contributed by atoms with van der Waals surface area (Å²) < 4.78 is 0. The molecule has 0 bridgehead atoms. The van der Waals surface area contributed by atoms with Crippen molar-refractivity contribution in [2.24, 2.45) is 0 Å². The molecule has 1 aromatic carbocycles. The van der Waals surface area contributed by atoms with Crippen molar-refractivity contribution in [1.29, 1.82) is 0 Å². The molecule has 20 heavy (non-hydrogen) atoms. The average molecular weight is 287 g/mol. The van der Waals surface area contributed by atoms with Crippen molar-refractivity contribution in [3.63, 3.8) is 0 Å². The molecule has 0 radical (unpaired) electrons. The molecule has 2 rings (SSSR count). The second-order valence-electron chi connectivity index (χ2n) is 5.15. The van der Waals surface area contributed by atoms with Crippen LogP contribution in [-0.4, -0.2) is 6.54 Å². The first-order valence-corrected chi connectivity index (χ1v) is 8.56. The Morgan fingerprint density at radius 3 is 2.70 bits per heavy atom. The fraction of sp³-hybridized carbons (Fsp3) is 0.444. The highest BCUT2D eigenvalue weighted by molar-refractivity contribution is 7.10. The molecule has 1 atom stereocenters. The van der Waals surface area contributed by atoms with Gasteiger partial charge in [-0.05, 0) is 47.5 Å². The van der Waals surface area contributed by atoms with E-state index in [1.165, 1.54) is 28.0 Å². The molecule has 1 nitrogen and oxygen atoms in total. The smallest absolute Gasteiger partial charge is 0.0673 e. The zero-order chi connectivity index (χ0) is 14.4. The van der Waals surface area contributed by atoms with Crippen molar-refractivity contribution >= 4 is 11.3 Å². The van der Waals surface area contributed by atoms with Gasteiger partial charge < -0.3 is 5.32 Å². The highest BCUT2D eigenvalue weighted by Gasteiger charge is 2.17. The van der Waals surface area contributed by atoms with Crippen LogP contribution in [-0.2, 0) is 12.8 Å². The summed E-state index contributed by atoms with van der Waals surface area (Å²) in [6.07, 6.45) is 3.47. The topological polar surface area (TPSA) is 12.0 Å². The van der Waals surface area contributed by atoms with E-state index in [0.717, 1.165) is 19.4 Å². The van der Waals surface area contributed by atoms with Gasteiger partial charge in [0.25, 0.3) is 0 Å². The van der Waals surface area contributed by atoms with E-state index >= 15 is 0 Å². The van der Waals surface area contributed by atoms with Crippen LogP contribution in [0.4, 0.5) is 0 Å². The van der Waals surface area contributed by atoms with Crippen molar-refractivity contribution in [2.75, 3.05) is 6.54 Å². The van der Waals surface area contributed by atoms with Crippen molar-refractivity contribution in [3.05, 3.63) is 57.3 Å². The quantitative estimate of drug-likeness (QED) is 0.758. The summed E-state index contributed by atoms with van der Waals surface area (Å²) in [6, 6.07) is 11.7. The van der Waals surface area contributed by atoms with E-state index in [1.807, 2.05) is 11.3 Å². The minimum Gasteiger partial charge on any atom is -0.306 e. The molecule has 1 unspecified atom stereocenters. The summed E-state index contributed by atoms with van der Waals surface area (Å²) in [6.45, 7) is 7.65. The Morgan fingerprint density at radius 2 is 2.00 bits per heavy atom. The number of hydrogen-bond donors (Lipinski definition) is 1. The number of thiophene rings is 1. The van der Waals surface area contributed by atoms with Crippen LogP contribution in [0.15, 0.2) is 35.7 Å². The predicted octanol–water partition coefficient (Wildman–Crippen LogP) is 4.96. The van der Waals surface area contributed by atoms with Gasteiger partial charge in [-0.15, -0.1) is 11.3 Å². The van der Waals surface area contributed by atoms with Crippen molar-refractivity contribution in [1.82, 2.24) is 5.32 Å². The second kappa shape index (κ2) is 7.61. The van der Waals surface area contributed by atoms with E-state index in [1.54, 1.807) is 0 Å². The monoisotopic (exact) mass is 287 g/mol. The van der Waals surface area contributed by atoms with Crippen molar-refractivity contribution in [2.45, 2.75) is 46.1 Å². The van der Waals surface area contributed by atoms with Crippen molar-refractivity contribution < 1.29 is 0 Å². The number of hydrogen-bond acceptors (Lipinski definition) is 2. The molecular formula is C18H25NS. The Bertz CT molecular complexity index is 530. The first-order valence-electron chi connectivity index (χ1n) is 7.68. The highest BCUT2D eigenvalue weighted by Crippen LogP contribution is 2.30. The van der Waals surface area contributed by atoms with Gasteiger partial charge in [-0.25, -0.2) is 0 Å². The summed E-state index contributed by atoms with van der Waals surface area (Å²) >= 11 is 1.87. The lowest BCUT2D eigenvalue weighted by atomic mass is 9.98. The third-order valence-electron chi connectivity index (χ3n) is 3.66. The average Bonchev–Trinajstić information content (AvgIpc) is 2.93. The van der Waals surface area contributed by atoms with Crippen LogP contribution in [0.1, 0.15) is 54.8 Å². The second-order valence-corrected chi connectivity index (χ2v) is 6.10. The minimum absolute atomic E-state index is 0.340.